The molecular weight excluding hydrogens is 737 g/mol. The molecule has 8 aromatic carbocycles. The molecule has 0 amide bonds. The quantitative estimate of drug-likeness (QED) is 0.149. The average Bonchev–Trinajstić information content (AvgIpc) is 3.31. The summed E-state index contributed by atoms with van der Waals surface area (Å²) in [4.78, 5) is 7.69. The van der Waals surface area contributed by atoms with Crippen molar-refractivity contribution < 1.29 is 0 Å². The predicted octanol–water partition coefficient (Wildman–Crippen LogP) is 13.0. The maximum absolute atomic E-state index is 2.68. The fourth-order valence-electron chi connectivity index (χ4n) is 11.5. The van der Waals surface area contributed by atoms with E-state index in [1.54, 1.807) is 0 Å². The molecule has 0 saturated carbocycles. The number of hydrogen-bond acceptors (Lipinski definition) is 3. The molecule has 0 bridgehead atoms. The first kappa shape index (κ1) is 35.6. The third kappa shape index (κ3) is 5.25. The Morgan fingerprint density at radius 2 is 0.984 bits per heavy atom. The SMILES string of the molecule is CC1=CC2C3B4c5c(cc(N(c6ccccc6)c6ccccc6)cc5N2c2ccccc2)N(c2ccccc2)c2cc(C)cc(c24)C(c2ccccc2)(c2ccccc2)C3=C1. The number of para-hydroxylation sites is 4. The third-order valence-corrected chi connectivity index (χ3v) is 13.6. The van der Waals surface area contributed by atoms with E-state index in [9.17, 15) is 0 Å². The maximum Gasteiger partial charge on any atom is 0.227 e. The summed E-state index contributed by atoms with van der Waals surface area (Å²) in [7, 11) is 0. The monoisotopic (exact) mass is 781 g/mol. The molecule has 2 atom stereocenters. The number of allylic oxidation sites excluding steroid dienone is 2. The summed E-state index contributed by atoms with van der Waals surface area (Å²) >= 11 is 0. The van der Waals surface area contributed by atoms with Crippen LogP contribution >= 0.6 is 0 Å². The van der Waals surface area contributed by atoms with E-state index in [0.29, 0.717) is 0 Å². The van der Waals surface area contributed by atoms with E-state index in [2.05, 4.69) is 247 Å². The summed E-state index contributed by atoms with van der Waals surface area (Å²) in [6, 6.07) is 76.6. The second-order valence-electron chi connectivity index (χ2n) is 17.0. The molecule has 3 nitrogen and oxygen atoms in total. The van der Waals surface area contributed by atoms with Gasteiger partial charge in [0.05, 0.1) is 17.1 Å². The largest absolute Gasteiger partial charge is 0.335 e. The zero-order valence-corrected chi connectivity index (χ0v) is 34.4. The molecule has 8 aromatic rings. The lowest BCUT2D eigenvalue weighted by Gasteiger charge is -2.59. The van der Waals surface area contributed by atoms with Crippen molar-refractivity contribution in [2.75, 3.05) is 14.7 Å². The smallest absolute Gasteiger partial charge is 0.227 e. The zero-order chi connectivity index (χ0) is 40.7. The van der Waals surface area contributed by atoms with E-state index in [1.807, 2.05) is 0 Å². The van der Waals surface area contributed by atoms with Crippen molar-refractivity contribution in [3.05, 3.63) is 252 Å². The van der Waals surface area contributed by atoms with Gasteiger partial charge in [0, 0.05) is 39.8 Å². The summed E-state index contributed by atoms with van der Waals surface area (Å²) in [6.45, 7) is 4.71. The van der Waals surface area contributed by atoms with Gasteiger partial charge in [-0.15, -0.1) is 0 Å². The highest BCUT2D eigenvalue weighted by atomic mass is 15.2. The van der Waals surface area contributed by atoms with Crippen molar-refractivity contribution in [3.8, 4) is 0 Å². The molecule has 4 heteroatoms. The molecular formula is C57H44BN3. The Hall–Kier alpha value is -7.30. The highest BCUT2D eigenvalue weighted by Gasteiger charge is 2.61. The van der Waals surface area contributed by atoms with Crippen LogP contribution in [0.4, 0.5) is 45.5 Å². The molecule has 3 heterocycles. The van der Waals surface area contributed by atoms with Crippen LogP contribution in [0.5, 0.6) is 0 Å². The van der Waals surface area contributed by atoms with Crippen molar-refractivity contribution in [3.63, 3.8) is 0 Å². The Bertz CT molecular complexity index is 2920. The van der Waals surface area contributed by atoms with Gasteiger partial charge in [-0.1, -0.05) is 163 Å². The summed E-state index contributed by atoms with van der Waals surface area (Å²) in [5, 5.41) is 0. The topological polar surface area (TPSA) is 9.72 Å². The van der Waals surface area contributed by atoms with Crippen LogP contribution < -0.4 is 25.6 Å². The average molecular weight is 782 g/mol. The first-order valence-electron chi connectivity index (χ1n) is 21.6. The van der Waals surface area contributed by atoms with E-state index in [1.165, 1.54) is 67.1 Å². The van der Waals surface area contributed by atoms with Crippen LogP contribution in [0.3, 0.4) is 0 Å². The number of rotatable bonds is 7. The van der Waals surface area contributed by atoms with Gasteiger partial charge in [0.2, 0.25) is 6.71 Å². The van der Waals surface area contributed by atoms with Crippen LogP contribution in [-0.2, 0) is 5.41 Å². The molecule has 1 aliphatic carbocycles. The van der Waals surface area contributed by atoms with E-state index in [0.717, 1.165) is 22.7 Å². The number of anilines is 8. The molecule has 0 aromatic heterocycles. The molecule has 0 N–H and O–H groups in total. The first-order chi connectivity index (χ1) is 30.1. The fourth-order valence-corrected chi connectivity index (χ4v) is 11.5. The van der Waals surface area contributed by atoms with Gasteiger partial charge in [0.15, 0.2) is 0 Å². The minimum absolute atomic E-state index is 0.0438. The van der Waals surface area contributed by atoms with Crippen molar-refractivity contribution >= 4 is 63.1 Å². The third-order valence-electron chi connectivity index (χ3n) is 13.6. The van der Waals surface area contributed by atoms with E-state index < -0.39 is 5.41 Å². The Morgan fingerprint density at radius 3 is 1.56 bits per heavy atom. The molecule has 0 spiro atoms. The van der Waals surface area contributed by atoms with Crippen LogP contribution in [0.1, 0.15) is 29.2 Å². The lowest BCUT2D eigenvalue weighted by atomic mass is 9.22. The maximum atomic E-state index is 2.68. The van der Waals surface area contributed by atoms with Gasteiger partial charge < -0.3 is 14.7 Å². The molecule has 3 aliphatic heterocycles. The van der Waals surface area contributed by atoms with Crippen molar-refractivity contribution in [1.82, 2.24) is 0 Å². The summed E-state index contributed by atoms with van der Waals surface area (Å²) < 4.78 is 0. The van der Waals surface area contributed by atoms with Crippen molar-refractivity contribution in [2.24, 2.45) is 0 Å². The van der Waals surface area contributed by atoms with Gasteiger partial charge in [-0.3, -0.25) is 0 Å². The van der Waals surface area contributed by atoms with Crippen LogP contribution in [-0.4, -0.2) is 12.8 Å². The van der Waals surface area contributed by atoms with Gasteiger partial charge in [0.25, 0.3) is 0 Å². The van der Waals surface area contributed by atoms with Gasteiger partial charge in [0.1, 0.15) is 0 Å². The van der Waals surface area contributed by atoms with Crippen molar-refractivity contribution in [1.29, 1.82) is 0 Å². The van der Waals surface area contributed by atoms with Crippen LogP contribution in [0.15, 0.2) is 230 Å². The van der Waals surface area contributed by atoms with Crippen molar-refractivity contribution in [2.45, 2.75) is 31.1 Å². The lowest BCUT2D eigenvalue weighted by Crippen LogP contribution is -2.68. The number of aryl methyl sites for hydroxylation is 1. The second kappa shape index (κ2) is 13.9. The first-order valence-corrected chi connectivity index (χ1v) is 21.6. The summed E-state index contributed by atoms with van der Waals surface area (Å²) in [5.41, 5.74) is 19.7. The summed E-state index contributed by atoms with van der Waals surface area (Å²) in [6.07, 6.45) is 5.12. The number of benzene rings is 8. The minimum atomic E-state index is -0.537. The molecule has 290 valence electrons. The zero-order valence-electron chi connectivity index (χ0n) is 34.4. The Balaban J connectivity index is 1.27. The van der Waals surface area contributed by atoms with E-state index in [4.69, 9.17) is 0 Å². The van der Waals surface area contributed by atoms with Crippen LogP contribution in [0, 0.1) is 6.92 Å². The number of hydrogen-bond donors (Lipinski definition) is 0. The lowest BCUT2D eigenvalue weighted by molar-refractivity contribution is 0.614. The van der Waals surface area contributed by atoms with Gasteiger partial charge in [-0.25, -0.2) is 0 Å². The highest BCUT2D eigenvalue weighted by Crippen LogP contribution is 2.61. The van der Waals surface area contributed by atoms with Gasteiger partial charge in [-0.2, -0.15) is 0 Å². The predicted molar refractivity (Wildman–Crippen MR) is 256 cm³/mol. The molecule has 0 radical (unpaired) electrons. The molecule has 0 saturated heterocycles. The highest BCUT2D eigenvalue weighted by molar-refractivity contribution is 6.92. The van der Waals surface area contributed by atoms with E-state index in [-0.39, 0.29) is 18.6 Å². The fraction of sp³-hybridized carbons (Fsp3) is 0.0877. The van der Waals surface area contributed by atoms with Crippen LogP contribution in [0.25, 0.3) is 0 Å². The Labute approximate surface area is 359 Å². The minimum Gasteiger partial charge on any atom is -0.335 e. The molecule has 0 fully saturated rings. The normalized spacial score (nSPS) is 17.6. The van der Waals surface area contributed by atoms with Gasteiger partial charge >= 0.3 is 0 Å². The van der Waals surface area contributed by atoms with Gasteiger partial charge in [-0.05, 0) is 120 Å². The molecule has 12 rings (SSSR count). The standard InChI is InChI=1S/C57H44BN3/c1-39-33-48-54-50(35-39)60(45-29-17-7-18-30-45)52-37-47(59(43-25-13-5-14-26-43)44-27-15-6-16-28-44)38-53-56(52)58(54)55-49(34-40(2)36-51(55)61(53)46-31-19-8-20-32-46)57(48,41-21-9-3-10-22-41)42-23-11-4-12-24-42/h3-38,50,54H,1-2H3. The Morgan fingerprint density at radius 1 is 0.492 bits per heavy atom. The molecule has 2 unspecified atom stereocenters. The van der Waals surface area contributed by atoms with Crippen LogP contribution in [0.2, 0.25) is 5.82 Å². The molecule has 61 heavy (non-hydrogen) atoms. The molecule has 4 aliphatic rings. The number of nitrogens with zero attached hydrogens (tertiary/aromatic N) is 3. The Kier molecular flexibility index (Phi) is 8.12. The van der Waals surface area contributed by atoms with E-state index >= 15 is 0 Å². The second-order valence-corrected chi connectivity index (χ2v) is 17.0. The summed E-state index contributed by atoms with van der Waals surface area (Å²) in [5.74, 6) is 0.132.